The Labute approximate surface area is 123 Å². The lowest BCUT2D eigenvalue weighted by atomic mass is 9.87. The number of rotatable bonds is 3. The molecule has 1 aliphatic carbocycles. The van der Waals surface area contributed by atoms with Crippen LogP contribution in [0.2, 0.25) is 0 Å². The molecule has 21 heavy (non-hydrogen) atoms. The Morgan fingerprint density at radius 3 is 2.86 bits per heavy atom. The maximum absolute atomic E-state index is 13.5. The predicted molar refractivity (Wildman–Crippen MR) is 80.7 cm³/mol. The van der Waals surface area contributed by atoms with E-state index >= 15 is 0 Å². The SMILES string of the molecule is NC(=O)c1cc(NC2CCCc3ccccc32)ccc1F. The van der Waals surface area contributed by atoms with Crippen LogP contribution in [0.4, 0.5) is 10.1 Å². The van der Waals surface area contributed by atoms with E-state index in [-0.39, 0.29) is 11.6 Å². The zero-order valence-electron chi connectivity index (χ0n) is 11.6. The molecule has 3 N–H and O–H groups in total. The van der Waals surface area contributed by atoms with Crippen LogP contribution in [0.15, 0.2) is 42.5 Å². The van der Waals surface area contributed by atoms with Crippen LogP contribution in [0.5, 0.6) is 0 Å². The minimum absolute atomic E-state index is 0.0795. The fraction of sp³-hybridized carbons (Fsp3) is 0.235. The summed E-state index contributed by atoms with van der Waals surface area (Å²) in [5, 5.41) is 3.39. The van der Waals surface area contributed by atoms with Crippen molar-refractivity contribution in [2.24, 2.45) is 5.73 Å². The smallest absolute Gasteiger partial charge is 0.251 e. The number of nitrogens with one attached hydrogen (secondary N) is 1. The minimum atomic E-state index is -0.750. The van der Waals surface area contributed by atoms with Crippen LogP contribution >= 0.6 is 0 Å². The minimum Gasteiger partial charge on any atom is -0.378 e. The van der Waals surface area contributed by atoms with Gasteiger partial charge in [0.15, 0.2) is 0 Å². The van der Waals surface area contributed by atoms with Crippen LogP contribution in [0.1, 0.15) is 40.4 Å². The van der Waals surface area contributed by atoms with E-state index in [0.717, 1.165) is 19.3 Å². The van der Waals surface area contributed by atoms with Crippen molar-refractivity contribution in [2.75, 3.05) is 5.32 Å². The molecule has 1 unspecified atom stereocenters. The molecule has 1 amide bonds. The van der Waals surface area contributed by atoms with Crippen molar-refractivity contribution >= 4 is 11.6 Å². The van der Waals surface area contributed by atoms with Gasteiger partial charge in [0, 0.05) is 5.69 Å². The van der Waals surface area contributed by atoms with Crippen molar-refractivity contribution in [1.29, 1.82) is 0 Å². The first-order chi connectivity index (χ1) is 10.1. The van der Waals surface area contributed by atoms with Gasteiger partial charge >= 0.3 is 0 Å². The topological polar surface area (TPSA) is 55.1 Å². The Hall–Kier alpha value is -2.36. The van der Waals surface area contributed by atoms with Crippen LogP contribution < -0.4 is 11.1 Å². The molecular weight excluding hydrogens is 267 g/mol. The number of benzene rings is 2. The third kappa shape index (κ3) is 2.75. The van der Waals surface area contributed by atoms with Gasteiger partial charge in [0.25, 0.3) is 5.91 Å². The number of carbonyl (C=O) groups is 1. The lowest BCUT2D eigenvalue weighted by molar-refractivity contribution is 0.0996. The molecule has 0 fully saturated rings. The summed E-state index contributed by atoms with van der Waals surface area (Å²) in [5.74, 6) is -1.34. The molecule has 0 heterocycles. The number of fused-ring (bicyclic) bond motifs is 1. The quantitative estimate of drug-likeness (QED) is 0.907. The molecule has 0 radical (unpaired) electrons. The highest BCUT2D eigenvalue weighted by Gasteiger charge is 2.20. The van der Waals surface area contributed by atoms with E-state index in [1.165, 1.54) is 23.3 Å². The van der Waals surface area contributed by atoms with Crippen molar-refractivity contribution in [3.8, 4) is 0 Å². The number of hydrogen-bond donors (Lipinski definition) is 2. The van der Waals surface area contributed by atoms with Gasteiger partial charge in [-0.3, -0.25) is 4.79 Å². The van der Waals surface area contributed by atoms with Gasteiger partial charge in [-0.15, -0.1) is 0 Å². The molecular formula is C17H17FN2O. The van der Waals surface area contributed by atoms with Gasteiger partial charge in [0.2, 0.25) is 0 Å². The summed E-state index contributed by atoms with van der Waals surface area (Å²) in [6, 6.07) is 12.9. The molecule has 2 aromatic rings. The summed E-state index contributed by atoms with van der Waals surface area (Å²) in [4.78, 5) is 11.2. The van der Waals surface area contributed by atoms with Gasteiger partial charge in [0.05, 0.1) is 11.6 Å². The van der Waals surface area contributed by atoms with E-state index in [2.05, 4.69) is 17.4 Å². The van der Waals surface area contributed by atoms with Gasteiger partial charge in [0.1, 0.15) is 5.82 Å². The molecule has 2 aromatic carbocycles. The molecule has 3 rings (SSSR count). The summed E-state index contributed by atoms with van der Waals surface area (Å²) < 4.78 is 13.5. The van der Waals surface area contributed by atoms with Crippen LogP contribution in [0, 0.1) is 5.82 Å². The number of halogens is 1. The number of amides is 1. The maximum atomic E-state index is 13.5. The standard InChI is InChI=1S/C17H17FN2O/c18-15-9-8-12(10-14(15)17(19)21)20-16-7-3-5-11-4-1-2-6-13(11)16/h1-2,4,6,8-10,16,20H,3,5,7H2,(H2,19,21). The average Bonchev–Trinajstić information content (AvgIpc) is 2.49. The van der Waals surface area contributed by atoms with Crippen LogP contribution in [-0.4, -0.2) is 5.91 Å². The third-order valence-corrected chi connectivity index (χ3v) is 3.94. The lowest BCUT2D eigenvalue weighted by Gasteiger charge is -2.27. The molecule has 1 atom stereocenters. The lowest BCUT2D eigenvalue weighted by Crippen LogP contribution is -2.18. The molecule has 0 aromatic heterocycles. The van der Waals surface area contributed by atoms with Gasteiger partial charge in [-0.2, -0.15) is 0 Å². The summed E-state index contributed by atoms with van der Waals surface area (Å²) in [7, 11) is 0. The normalized spacial score (nSPS) is 17.1. The second-order valence-corrected chi connectivity index (χ2v) is 5.35. The zero-order chi connectivity index (χ0) is 14.8. The number of aryl methyl sites for hydroxylation is 1. The highest BCUT2D eigenvalue weighted by Crippen LogP contribution is 2.32. The first-order valence-corrected chi connectivity index (χ1v) is 7.09. The Balaban J connectivity index is 1.88. The monoisotopic (exact) mass is 284 g/mol. The molecule has 0 spiro atoms. The fourth-order valence-corrected chi connectivity index (χ4v) is 2.91. The van der Waals surface area contributed by atoms with E-state index in [9.17, 15) is 9.18 Å². The van der Waals surface area contributed by atoms with Gasteiger partial charge in [-0.1, -0.05) is 24.3 Å². The largest absolute Gasteiger partial charge is 0.378 e. The number of primary amides is 1. The van der Waals surface area contributed by atoms with Gasteiger partial charge in [-0.25, -0.2) is 4.39 Å². The molecule has 3 nitrogen and oxygen atoms in total. The first-order valence-electron chi connectivity index (χ1n) is 7.09. The Bertz CT molecular complexity index is 684. The second kappa shape index (κ2) is 5.56. The Kier molecular flexibility index (Phi) is 3.60. The fourth-order valence-electron chi connectivity index (χ4n) is 2.91. The van der Waals surface area contributed by atoms with Crippen LogP contribution in [0.25, 0.3) is 0 Å². The van der Waals surface area contributed by atoms with E-state index < -0.39 is 11.7 Å². The average molecular weight is 284 g/mol. The molecule has 0 saturated carbocycles. The summed E-state index contributed by atoms with van der Waals surface area (Å²) in [5.41, 5.74) is 8.44. The van der Waals surface area contributed by atoms with Crippen molar-refractivity contribution in [3.05, 3.63) is 65.0 Å². The first kappa shape index (κ1) is 13.6. The summed E-state index contributed by atoms with van der Waals surface area (Å²) >= 11 is 0. The molecule has 0 aliphatic heterocycles. The molecule has 0 bridgehead atoms. The second-order valence-electron chi connectivity index (χ2n) is 5.35. The molecule has 108 valence electrons. The van der Waals surface area contributed by atoms with Gasteiger partial charge in [-0.05, 0) is 48.6 Å². The van der Waals surface area contributed by atoms with Crippen molar-refractivity contribution in [3.63, 3.8) is 0 Å². The summed E-state index contributed by atoms with van der Waals surface area (Å²) in [6.45, 7) is 0. The zero-order valence-corrected chi connectivity index (χ0v) is 11.6. The highest BCUT2D eigenvalue weighted by molar-refractivity contribution is 5.94. The van der Waals surface area contributed by atoms with E-state index in [1.54, 1.807) is 6.07 Å². The molecule has 4 heteroatoms. The van der Waals surface area contributed by atoms with Crippen molar-refractivity contribution in [2.45, 2.75) is 25.3 Å². The third-order valence-electron chi connectivity index (χ3n) is 3.94. The Morgan fingerprint density at radius 2 is 2.05 bits per heavy atom. The van der Waals surface area contributed by atoms with Gasteiger partial charge < -0.3 is 11.1 Å². The molecule has 0 saturated heterocycles. The number of anilines is 1. The number of carbonyl (C=O) groups excluding carboxylic acids is 1. The Morgan fingerprint density at radius 1 is 1.24 bits per heavy atom. The summed E-state index contributed by atoms with van der Waals surface area (Å²) in [6.07, 6.45) is 3.21. The van der Waals surface area contributed by atoms with E-state index in [0.29, 0.717) is 5.69 Å². The number of nitrogens with two attached hydrogens (primary N) is 1. The highest BCUT2D eigenvalue weighted by atomic mass is 19.1. The molecule has 1 aliphatic rings. The van der Waals surface area contributed by atoms with Crippen LogP contribution in [-0.2, 0) is 6.42 Å². The van der Waals surface area contributed by atoms with Crippen molar-refractivity contribution < 1.29 is 9.18 Å². The number of hydrogen-bond acceptors (Lipinski definition) is 2. The van der Waals surface area contributed by atoms with Crippen molar-refractivity contribution in [1.82, 2.24) is 0 Å². The van der Waals surface area contributed by atoms with E-state index in [1.807, 2.05) is 12.1 Å². The van der Waals surface area contributed by atoms with Crippen LogP contribution in [0.3, 0.4) is 0 Å². The van der Waals surface area contributed by atoms with E-state index in [4.69, 9.17) is 5.73 Å². The predicted octanol–water partition coefficient (Wildman–Crippen LogP) is 3.41. The maximum Gasteiger partial charge on any atom is 0.251 e.